The Morgan fingerprint density at radius 1 is 1.56 bits per heavy atom. The molecule has 18 heavy (non-hydrogen) atoms. The molecule has 1 aliphatic heterocycles. The van der Waals surface area contributed by atoms with E-state index in [0.717, 1.165) is 0 Å². The third-order valence-electron chi connectivity index (χ3n) is 3.54. The van der Waals surface area contributed by atoms with Crippen molar-refractivity contribution >= 4 is 5.91 Å². The van der Waals surface area contributed by atoms with Gasteiger partial charge < -0.3 is 11.1 Å². The van der Waals surface area contributed by atoms with Crippen LogP contribution >= 0.6 is 0 Å². The highest BCUT2D eigenvalue weighted by Crippen LogP contribution is 2.36. The third-order valence-corrected chi connectivity index (χ3v) is 3.54. The Morgan fingerprint density at radius 3 is 2.61 bits per heavy atom. The van der Waals surface area contributed by atoms with E-state index in [9.17, 15) is 18.0 Å². The second-order valence-electron chi connectivity index (χ2n) is 5.00. The molecule has 1 saturated heterocycles. The summed E-state index contributed by atoms with van der Waals surface area (Å²) in [4.78, 5) is 13.0. The molecule has 0 bridgehead atoms. The molecule has 1 aliphatic rings. The molecule has 1 fully saturated rings. The van der Waals surface area contributed by atoms with Crippen LogP contribution in [0.15, 0.2) is 0 Å². The highest BCUT2D eigenvalue weighted by molar-refractivity contribution is 5.82. The first-order valence-corrected chi connectivity index (χ1v) is 5.97. The normalized spacial score (nSPS) is 27.2. The summed E-state index contributed by atoms with van der Waals surface area (Å²) in [6.07, 6.45) is -4.00. The summed E-state index contributed by atoms with van der Waals surface area (Å²) in [6, 6.07) is -1.55. The maximum atomic E-state index is 12.9. The number of carbonyl (C=O) groups excluding carboxylic acids is 1. The molecule has 1 heterocycles. The maximum Gasteiger partial charge on any atom is 0.404 e. The Bertz CT molecular complexity index is 308. The van der Waals surface area contributed by atoms with Crippen molar-refractivity contribution in [3.8, 4) is 0 Å². The molecule has 0 aromatic heterocycles. The van der Waals surface area contributed by atoms with Crippen molar-refractivity contribution in [3.63, 3.8) is 0 Å². The van der Waals surface area contributed by atoms with Crippen LogP contribution in [0.25, 0.3) is 0 Å². The van der Waals surface area contributed by atoms with Crippen molar-refractivity contribution in [3.05, 3.63) is 0 Å². The number of alkyl halides is 3. The average molecular weight is 267 g/mol. The number of carbonyl (C=O) groups is 1. The molecule has 0 aromatic carbocycles. The van der Waals surface area contributed by atoms with Crippen LogP contribution in [0, 0.1) is 5.41 Å². The fourth-order valence-electron chi connectivity index (χ4n) is 2.46. The molecule has 7 heteroatoms. The highest BCUT2D eigenvalue weighted by atomic mass is 19.4. The number of rotatable bonds is 4. The van der Waals surface area contributed by atoms with Crippen molar-refractivity contribution in [2.24, 2.45) is 11.1 Å². The molecule has 0 aromatic rings. The van der Waals surface area contributed by atoms with Crippen LogP contribution < -0.4 is 11.1 Å². The van der Waals surface area contributed by atoms with E-state index in [0.29, 0.717) is 6.42 Å². The number of halogens is 3. The van der Waals surface area contributed by atoms with Gasteiger partial charge in [-0.25, -0.2) is 0 Å². The smallest absolute Gasteiger partial charge is 0.359 e. The molecule has 1 amide bonds. The molecule has 2 atom stereocenters. The molecule has 2 unspecified atom stereocenters. The van der Waals surface area contributed by atoms with Crippen LogP contribution in [-0.2, 0) is 4.79 Å². The number of likely N-dealkylation sites (tertiary alicyclic amines) is 1. The van der Waals surface area contributed by atoms with Crippen LogP contribution in [-0.4, -0.2) is 49.7 Å². The Morgan fingerprint density at radius 2 is 2.17 bits per heavy atom. The number of nitrogens with two attached hydrogens (primary N) is 1. The fourth-order valence-corrected chi connectivity index (χ4v) is 2.46. The van der Waals surface area contributed by atoms with E-state index in [2.05, 4.69) is 5.32 Å². The van der Waals surface area contributed by atoms with Crippen LogP contribution in [0.2, 0.25) is 0 Å². The highest BCUT2D eigenvalue weighted by Gasteiger charge is 2.49. The number of nitrogens with zero attached hydrogens (tertiary/aromatic N) is 1. The molecular weight excluding hydrogens is 247 g/mol. The van der Waals surface area contributed by atoms with Gasteiger partial charge in [0.2, 0.25) is 5.91 Å². The lowest BCUT2D eigenvalue weighted by atomic mass is 9.89. The van der Waals surface area contributed by atoms with Gasteiger partial charge in [0.25, 0.3) is 0 Å². The molecule has 0 saturated carbocycles. The van der Waals surface area contributed by atoms with Crippen LogP contribution in [0.1, 0.15) is 19.8 Å². The molecule has 106 valence electrons. The Hall–Kier alpha value is -0.820. The van der Waals surface area contributed by atoms with Crippen LogP contribution in [0.5, 0.6) is 0 Å². The zero-order valence-electron chi connectivity index (χ0n) is 10.7. The first-order chi connectivity index (χ1) is 8.24. The first kappa shape index (κ1) is 15.2. The summed E-state index contributed by atoms with van der Waals surface area (Å²) < 4.78 is 38.7. The molecule has 0 radical (unpaired) electrons. The van der Waals surface area contributed by atoms with Gasteiger partial charge in [0.1, 0.15) is 6.04 Å². The molecule has 0 aliphatic carbocycles. The van der Waals surface area contributed by atoms with Crippen molar-refractivity contribution in [1.82, 2.24) is 10.2 Å². The second-order valence-corrected chi connectivity index (χ2v) is 5.00. The van der Waals surface area contributed by atoms with E-state index in [4.69, 9.17) is 5.73 Å². The maximum absolute atomic E-state index is 12.9. The quantitative estimate of drug-likeness (QED) is 0.789. The summed E-state index contributed by atoms with van der Waals surface area (Å²) in [6.45, 7) is 2.07. The average Bonchev–Trinajstić information content (AvgIpc) is 2.67. The van der Waals surface area contributed by atoms with E-state index < -0.39 is 17.6 Å². The van der Waals surface area contributed by atoms with E-state index >= 15 is 0 Å². The summed E-state index contributed by atoms with van der Waals surface area (Å²) in [5.74, 6) is -0.210. The number of hydrogen-bond donors (Lipinski definition) is 2. The molecular formula is C11H20F3N3O. The van der Waals surface area contributed by atoms with Gasteiger partial charge in [-0.1, -0.05) is 0 Å². The Kier molecular flexibility index (Phi) is 4.61. The predicted octanol–water partition coefficient (Wildman–Crippen LogP) is 0.724. The number of amides is 1. The van der Waals surface area contributed by atoms with Gasteiger partial charge in [-0.2, -0.15) is 13.2 Å². The van der Waals surface area contributed by atoms with Gasteiger partial charge in [-0.15, -0.1) is 0 Å². The SMILES string of the molecule is CNC(=O)C1(C)CCN(C(CCN)C(F)(F)F)C1. The van der Waals surface area contributed by atoms with E-state index in [1.54, 1.807) is 6.92 Å². The number of hydrogen-bond acceptors (Lipinski definition) is 3. The fraction of sp³-hybridized carbons (Fsp3) is 0.909. The van der Waals surface area contributed by atoms with Gasteiger partial charge in [-0.3, -0.25) is 9.69 Å². The summed E-state index contributed by atoms with van der Waals surface area (Å²) in [5, 5.41) is 2.51. The van der Waals surface area contributed by atoms with Crippen molar-refractivity contribution < 1.29 is 18.0 Å². The van der Waals surface area contributed by atoms with E-state index in [1.807, 2.05) is 0 Å². The molecule has 3 N–H and O–H groups in total. The third kappa shape index (κ3) is 3.14. The predicted molar refractivity (Wildman–Crippen MR) is 61.9 cm³/mol. The standard InChI is InChI=1S/C11H20F3N3O/c1-10(9(18)16-2)4-6-17(7-10)8(3-5-15)11(12,13)14/h8H,3-7,15H2,1-2H3,(H,16,18). The summed E-state index contributed by atoms with van der Waals surface area (Å²) in [7, 11) is 1.50. The molecule has 4 nitrogen and oxygen atoms in total. The van der Waals surface area contributed by atoms with Crippen molar-refractivity contribution in [2.45, 2.75) is 32.0 Å². The lowest BCUT2D eigenvalue weighted by Crippen LogP contribution is -2.48. The zero-order valence-corrected chi connectivity index (χ0v) is 10.7. The largest absolute Gasteiger partial charge is 0.404 e. The topological polar surface area (TPSA) is 58.4 Å². The molecule has 0 spiro atoms. The number of nitrogens with one attached hydrogen (secondary N) is 1. The van der Waals surface area contributed by atoms with Gasteiger partial charge in [-0.05, 0) is 32.9 Å². The summed E-state index contributed by atoms with van der Waals surface area (Å²) >= 11 is 0. The van der Waals surface area contributed by atoms with Gasteiger partial charge in [0, 0.05) is 13.6 Å². The minimum atomic E-state index is -4.30. The van der Waals surface area contributed by atoms with E-state index in [-0.39, 0.29) is 32.0 Å². The zero-order chi connectivity index (χ0) is 14.0. The lowest BCUT2D eigenvalue weighted by molar-refractivity contribution is -0.183. The van der Waals surface area contributed by atoms with Crippen molar-refractivity contribution in [2.75, 3.05) is 26.7 Å². The van der Waals surface area contributed by atoms with Gasteiger partial charge in [0.05, 0.1) is 5.41 Å². The minimum Gasteiger partial charge on any atom is -0.359 e. The van der Waals surface area contributed by atoms with Gasteiger partial charge in [0.15, 0.2) is 0 Å². The van der Waals surface area contributed by atoms with Crippen LogP contribution in [0.4, 0.5) is 13.2 Å². The summed E-state index contributed by atoms with van der Waals surface area (Å²) in [5.41, 5.74) is 4.50. The monoisotopic (exact) mass is 267 g/mol. The Balaban J connectivity index is 2.77. The Labute approximate surface area is 105 Å². The van der Waals surface area contributed by atoms with Crippen molar-refractivity contribution in [1.29, 1.82) is 0 Å². The first-order valence-electron chi connectivity index (χ1n) is 5.97. The van der Waals surface area contributed by atoms with Crippen LogP contribution in [0.3, 0.4) is 0 Å². The van der Waals surface area contributed by atoms with E-state index in [1.165, 1.54) is 11.9 Å². The lowest BCUT2D eigenvalue weighted by Gasteiger charge is -2.30. The molecule has 1 rings (SSSR count). The minimum absolute atomic E-state index is 0.0165. The second kappa shape index (κ2) is 5.44. The van der Waals surface area contributed by atoms with Gasteiger partial charge >= 0.3 is 6.18 Å².